The molecular weight excluding hydrogens is 544 g/mol. The van der Waals surface area contributed by atoms with E-state index in [0.717, 1.165) is 60.6 Å². The highest BCUT2D eigenvalue weighted by Crippen LogP contribution is 2.34. The van der Waals surface area contributed by atoms with E-state index in [1.54, 1.807) is 12.3 Å². The third-order valence-corrected chi connectivity index (χ3v) is 6.82. The zero-order valence-electron chi connectivity index (χ0n) is 24.4. The highest BCUT2D eigenvalue weighted by molar-refractivity contribution is 6.34. The number of fused-ring (bicyclic) bond motifs is 1. The van der Waals surface area contributed by atoms with Gasteiger partial charge in [-0.25, -0.2) is 4.79 Å². The number of hydrogen-bond acceptors (Lipinski definition) is 6. The number of hydrogen-bond donors (Lipinski definition) is 2. The second-order valence-electron chi connectivity index (χ2n) is 11.0. The van der Waals surface area contributed by atoms with Crippen molar-refractivity contribution in [2.45, 2.75) is 77.7 Å². The molecule has 0 spiro atoms. The second kappa shape index (κ2) is 15.5. The SMILES string of the molecule is COC(=O)CCCCCCCCC(=O)NCCOc1ccc(-c2cc3c(C(=O)OC(C)(C)C)c[nH]c3cc2Cl)cc1. The van der Waals surface area contributed by atoms with Crippen LogP contribution >= 0.6 is 11.6 Å². The fourth-order valence-electron chi connectivity index (χ4n) is 4.41. The standard InChI is InChI=1S/C32H41ClN2O6/c1-32(2,3)41-31(38)26-21-35-28-20-27(33)24(19-25(26)28)22-13-15-23(16-14-22)40-18-17-34-29(36)11-9-7-5-6-8-10-12-30(37)39-4/h13-16,19-21,35H,5-12,17-18H2,1-4H3,(H,34,36). The molecule has 0 aliphatic carbocycles. The van der Waals surface area contributed by atoms with Crippen molar-refractivity contribution in [3.8, 4) is 16.9 Å². The van der Waals surface area contributed by atoms with Crippen LogP contribution in [0, 0.1) is 0 Å². The Morgan fingerprint density at radius 3 is 2.24 bits per heavy atom. The lowest BCUT2D eigenvalue weighted by Crippen LogP contribution is -2.27. The molecule has 2 N–H and O–H groups in total. The van der Waals surface area contributed by atoms with Crippen molar-refractivity contribution in [2.24, 2.45) is 0 Å². The van der Waals surface area contributed by atoms with Crippen molar-refractivity contribution in [3.05, 3.63) is 53.2 Å². The number of rotatable bonds is 15. The number of aromatic nitrogens is 1. The number of ether oxygens (including phenoxy) is 3. The molecule has 222 valence electrons. The van der Waals surface area contributed by atoms with E-state index in [0.29, 0.717) is 42.3 Å². The number of benzene rings is 2. The van der Waals surface area contributed by atoms with E-state index in [-0.39, 0.29) is 11.9 Å². The molecule has 1 aromatic heterocycles. The summed E-state index contributed by atoms with van der Waals surface area (Å²) in [6, 6.07) is 11.2. The molecule has 0 aliphatic rings. The van der Waals surface area contributed by atoms with Crippen LogP contribution < -0.4 is 10.1 Å². The Morgan fingerprint density at radius 2 is 1.59 bits per heavy atom. The summed E-state index contributed by atoms with van der Waals surface area (Å²) in [5, 5.41) is 4.20. The van der Waals surface area contributed by atoms with Crippen LogP contribution in [0.1, 0.15) is 82.5 Å². The molecule has 0 atom stereocenters. The average Bonchev–Trinajstić information content (AvgIpc) is 3.34. The zero-order valence-corrected chi connectivity index (χ0v) is 25.2. The smallest absolute Gasteiger partial charge is 0.340 e. The van der Waals surface area contributed by atoms with Crippen LogP contribution in [-0.4, -0.2) is 48.7 Å². The monoisotopic (exact) mass is 584 g/mol. The Bertz CT molecular complexity index is 1310. The van der Waals surface area contributed by atoms with Gasteiger partial charge in [-0.1, -0.05) is 49.4 Å². The molecule has 0 saturated heterocycles. The number of methoxy groups -OCH3 is 1. The van der Waals surface area contributed by atoms with Gasteiger partial charge >= 0.3 is 11.9 Å². The number of nitrogens with one attached hydrogen (secondary N) is 2. The molecule has 3 rings (SSSR count). The van der Waals surface area contributed by atoms with Gasteiger partial charge in [0.2, 0.25) is 5.91 Å². The van der Waals surface area contributed by atoms with Crippen molar-refractivity contribution in [1.29, 1.82) is 0 Å². The van der Waals surface area contributed by atoms with Gasteiger partial charge in [-0.05, 0) is 63.4 Å². The van der Waals surface area contributed by atoms with E-state index >= 15 is 0 Å². The molecule has 0 radical (unpaired) electrons. The molecule has 2 aromatic carbocycles. The van der Waals surface area contributed by atoms with Gasteiger partial charge in [0, 0.05) is 35.5 Å². The Hall–Kier alpha value is -3.52. The molecule has 3 aromatic rings. The summed E-state index contributed by atoms with van der Waals surface area (Å²) in [5.41, 5.74) is 2.31. The van der Waals surface area contributed by atoms with Crippen LogP contribution in [0.5, 0.6) is 5.75 Å². The highest BCUT2D eigenvalue weighted by atomic mass is 35.5. The number of aromatic amines is 1. The van der Waals surface area contributed by atoms with Crippen LogP contribution in [0.2, 0.25) is 5.02 Å². The maximum absolute atomic E-state index is 12.7. The second-order valence-corrected chi connectivity index (χ2v) is 11.4. The highest BCUT2D eigenvalue weighted by Gasteiger charge is 2.21. The van der Waals surface area contributed by atoms with Crippen molar-refractivity contribution in [3.63, 3.8) is 0 Å². The van der Waals surface area contributed by atoms with Crippen LogP contribution in [0.4, 0.5) is 0 Å². The van der Waals surface area contributed by atoms with Crippen LogP contribution in [-0.2, 0) is 19.1 Å². The summed E-state index contributed by atoms with van der Waals surface area (Å²) in [6.45, 7) is 6.30. The van der Waals surface area contributed by atoms with E-state index in [1.807, 2.05) is 51.1 Å². The number of halogens is 1. The first kappa shape index (κ1) is 32.0. The molecule has 1 heterocycles. The molecular formula is C32H41ClN2O6. The Labute approximate surface area is 247 Å². The van der Waals surface area contributed by atoms with Gasteiger partial charge in [-0.3, -0.25) is 9.59 Å². The summed E-state index contributed by atoms with van der Waals surface area (Å²) < 4.78 is 16.0. The minimum absolute atomic E-state index is 0.0233. The van der Waals surface area contributed by atoms with Gasteiger partial charge < -0.3 is 24.5 Å². The third-order valence-electron chi connectivity index (χ3n) is 6.51. The first-order valence-corrected chi connectivity index (χ1v) is 14.6. The molecule has 9 heteroatoms. The fourth-order valence-corrected chi connectivity index (χ4v) is 4.68. The van der Waals surface area contributed by atoms with Crippen LogP contribution in [0.3, 0.4) is 0 Å². The number of carbonyl (C=O) groups excluding carboxylic acids is 3. The van der Waals surface area contributed by atoms with Crippen LogP contribution in [0.15, 0.2) is 42.6 Å². The van der Waals surface area contributed by atoms with E-state index < -0.39 is 11.6 Å². The van der Waals surface area contributed by atoms with Crippen LogP contribution in [0.25, 0.3) is 22.0 Å². The van der Waals surface area contributed by atoms with E-state index in [2.05, 4.69) is 15.0 Å². The predicted molar refractivity (Wildman–Crippen MR) is 161 cm³/mol. The number of carbonyl (C=O) groups is 3. The van der Waals surface area contributed by atoms with E-state index in [9.17, 15) is 14.4 Å². The maximum Gasteiger partial charge on any atom is 0.340 e. The number of esters is 2. The first-order valence-electron chi connectivity index (χ1n) is 14.2. The molecule has 0 aliphatic heterocycles. The lowest BCUT2D eigenvalue weighted by atomic mass is 10.0. The zero-order chi connectivity index (χ0) is 29.8. The molecule has 41 heavy (non-hydrogen) atoms. The summed E-state index contributed by atoms with van der Waals surface area (Å²) in [6.07, 6.45) is 8.44. The molecule has 0 fully saturated rings. The van der Waals surface area contributed by atoms with Crippen molar-refractivity contribution in [1.82, 2.24) is 10.3 Å². The quantitative estimate of drug-likeness (QED) is 0.144. The summed E-state index contributed by atoms with van der Waals surface area (Å²) in [5.74, 6) is 0.158. The van der Waals surface area contributed by atoms with E-state index in [1.165, 1.54) is 7.11 Å². The third kappa shape index (κ3) is 10.4. The Kier molecular flexibility index (Phi) is 12.1. The molecule has 8 nitrogen and oxygen atoms in total. The van der Waals surface area contributed by atoms with Gasteiger partial charge in [0.15, 0.2) is 0 Å². The van der Waals surface area contributed by atoms with E-state index in [4.69, 9.17) is 21.1 Å². The van der Waals surface area contributed by atoms with Gasteiger partial charge in [0.05, 0.1) is 24.2 Å². The minimum atomic E-state index is -0.594. The molecule has 0 unspecified atom stereocenters. The summed E-state index contributed by atoms with van der Waals surface area (Å²) in [4.78, 5) is 38.9. The number of amides is 1. The Balaban J connectivity index is 1.41. The number of unbranched alkanes of at least 4 members (excludes halogenated alkanes) is 5. The van der Waals surface area contributed by atoms with Gasteiger partial charge in [-0.15, -0.1) is 0 Å². The molecule has 1 amide bonds. The van der Waals surface area contributed by atoms with Crippen molar-refractivity contribution < 1.29 is 28.6 Å². The average molecular weight is 585 g/mol. The minimum Gasteiger partial charge on any atom is -0.492 e. The maximum atomic E-state index is 12.7. The van der Waals surface area contributed by atoms with Crippen molar-refractivity contribution >= 4 is 40.3 Å². The summed E-state index contributed by atoms with van der Waals surface area (Å²) in [7, 11) is 1.41. The van der Waals surface area contributed by atoms with Gasteiger partial charge in [0.25, 0.3) is 0 Å². The Morgan fingerprint density at radius 1 is 0.927 bits per heavy atom. The van der Waals surface area contributed by atoms with Gasteiger partial charge in [-0.2, -0.15) is 0 Å². The molecule has 0 saturated carbocycles. The largest absolute Gasteiger partial charge is 0.492 e. The lowest BCUT2D eigenvalue weighted by molar-refractivity contribution is -0.140. The molecule has 0 bridgehead atoms. The topological polar surface area (TPSA) is 107 Å². The fraction of sp³-hybridized carbons (Fsp3) is 0.469. The lowest BCUT2D eigenvalue weighted by Gasteiger charge is -2.19. The number of H-pyrrole nitrogens is 1. The summed E-state index contributed by atoms with van der Waals surface area (Å²) >= 11 is 6.57. The van der Waals surface area contributed by atoms with Gasteiger partial charge in [0.1, 0.15) is 18.0 Å². The first-order chi connectivity index (χ1) is 19.6. The normalized spacial score (nSPS) is 11.3. The van der Waals surface area contributed by atoms with Crippen molar-refractivity contribution in [2.75, 3.05) is 20.3 Å². The predicted octanol–water partition coefficient (Wildman–Crippen LogP) is 7.23.